The summed E-state index contributed by atoms with van der Waals surface area (Å²) in [6, 6.07) is 19.3. The smallest absolute Gasteiger partial charge is 0.303 e. The highest BCUT2D eigenvalue weighted by Gasteiger charge is 2.19. The van der Waals surface area contributed by atoms with Gasteiger partial charge < -0.3 is 14.5 Å². The third-order valence-corrected chi connectivity index (χ3v) is 5.26. The number of oxazole rings is 1. The van der Waals surface area contributed by atoms with Crippen LogP contribution in [0.4, 0.5) is 5.69 Å². The number of H-pyrrole nitrogens is 1. The van der Waals surface area contributed by atoms with Crippen LogP contribution in [0.1, 0.15) is 13.8 Å². The van der Waals surface area contributed by atoms with Gasteiger partial charge in [0.05, 0.1) is 17.5 Å². The predicted molar refractivity (Wildman–Crippen MR) is 124 cm³/mol. The van der Waals surface area contributed by atoms with Crippen LogP contribution in [0.25, 0.3) is 44.6 Å². The zero-order valence-electron chi connectivity index (χ0n) is 18.0. The number of carbonyl (C=O) groups excluding carboxylic acids is 2. The number of carbonyl (C=O) groups is 2. The van der Waals surface area contributed by atoms with Gasteiger partial charge in [-0.25, -0.2) is 4.98 Å². The number of fused-ring (bicyclic) bond motifs is 2. The Labute approximate surface area is 188 Å². The molecule has 0 aliphatic carbocycles. The van der Waals surface area contributed by atoms with Gasteiger partial charge in [-0.1, -0.05) is 36.4 Å². The molecule has 5 rings (SSSR count). The van der Waals surface area contributed by atoms with Crippen molar-refractivity contribution in [1.29, 1.82) is 0 Å². The first kappa shape index (κ1) is 20.4. The minimum Gasteiger partial charge on any atom is -0.453 e. The van der Waals surface area contributed by atoms with E-state index in [-0.39, 0.29) is 0 Å². The molecular formula is C25H20N4O4. The molecule has 164 valence electrons. The van der Waals surface area contributed by atoms with Crippen molar-refractivity contribution in [2.24, 2.45) is 0 Å². The summed E-state index contributed by atoms with van der Waals surface area (Å²) in [6.07, 6.45) is 0.762. The second-order valence-corrected chi connectivity index (χ2v) is 7.67. The average molecular weight is 440 g/mol. The quantitative estimate of drug-likeness (QED) is 0.375. The molecule has 1 amide bonds. The van der Waals surface area contributed by atoms with Crippen molar-refractivity contribution in [3.05, 3.63) is 66.9 Å². The minimum absolute atomic E-state index is 0.418. The lowest BCUT2D eigenvalue weighted by Crippen LogP contribution is -2.29. The molecule has 0 fully saturated rings. The van der Waals surface area contributed by atoms with Crippen LogP contribution >= 0.6 is 0 Å². The van der Waals surface area contributed by atoms with Crippen LogP contribution in [0.15, 0.2) is 71.3 Å². The highest BCUT2D eigenvalue weighted by molar-refractivity contribution is 5.96. The number of aromatic nitrogens is 3. The van der Waals surface area contributed by atoms with Crippen LogP contribution in [-0.2, 0) is 14.3 Å². The molecule has 1 atom stereocenters. The Balaban J connectivity index is 1.47. The van der Waals surface area contributed by atoms with Gasteiger partial charge in [0.15, 0.2) is 11.7 Å². The van der Waals surface area contributed by atoms with Gasteiger partial charge >= 0.3 is 5.97 Å². The predicted octanol–water partition coefficient (Wildman–Crippen LogP) is 4.93. The molecule has 0 aliphatic heterocycles. The van der Waals surface area contributed by atoms with Gasteiger partial charge in [0.1, 0.15) is 5.52 Å². The van der Waals surface area contributed by atoms with Crippen molar-refractivity contribution in [1.82, 2.24) is 15.2 Å². The largest absolute Gasteiger partial charge is 0.453 e. The summed E-state index contributed by atoms with van der Waals surface area (Å²) in [5.74, 6) is -0.486. The molecule has 8 nitrogen and oxygen atoms in total. The molecule has 0 saturated heterocycles. The molecule has 0 spiro atoms. The van der Waals surface area contributed by atoms with E-state index in [1.807, 2.05) is 48.5 Å². The molecule has 0 radical (unpaired) electrons. The Morgan fingerprint density at radius 2 is 1.85 bits per heavy atom. The molecule has 0 saturated carbocycles. The second-order valence-electron chi connectivity index (χ2n) is 7.67. The third kappa shape index (κ3) is 4.06. The normalized spacial score (nSPS) is 12.1. The van der Waals surface area contributed by atoms with E-state index in [0.717, 1.165) is 21.9 Å². The van der Waals surface area contributed by atoms with Crippen LogP contribution in [0, 0.1) is 0 Å². The number of anilines is 1. The topological polar surface area (TPSA) is 110 Å². The average Bonchev–Trinajstić information content (AvgIpc) is 3.44. The number of hydrogen-bond acceptors (Lipinski definition) is 6. The summed E-state index contributed by atoms with van der Waals surface area (Å²) in [7, 11) is 0. The number of hydrogen-bond donors (Lipinski definition) is 2. The van der Waals surface area contributed by atoms with Crippen molar-refractivity contribution in [2.45, 2.75) is 20.0 Å². The summed E-state index contributed by atoms with van der Waals surface area (Å²) in [6.45, 7) is 2.78. The van der Waals surface area contributed by atoms with Crippen molar-refractivity contribution in [3.8, 4) is 22.7 Å². The molecule has 5 aromatic rings. The molecule has 0 aliphatic rings. The Bertz CT molecular complexity index is 1450. The van der Waals surface area contributed by atoms with Crippen molar-refractivity contribution in [3.63, 3.8) is 0 Å². The lowest BCUT2D eigenvalue weighted by molar-refractivity contribution is -0.150. The Morgan fingerprint density at radius 3 is 2.64 bits per heavy atom. The van der Waals surface area contributed by atoms with E-state index in [1.165, 1.54) is 13.8 Å². The van der Waals surface area contributed by atoms with Gasteiger partial charge in [-0.2, -0.15) is 5.10 Å². The maximum Gasteiger partial charge on any atom is 0.303 e. The monoisotopic (exact) mass is 440 g/mol. The van der Waals surface area contributed by atoms with Crippen LogP contribution in [0.2, 0.25) is 0 Å². The number of nitrogens with one attached hydrogen (secondary N) is 2. The highest BCUT2D eigenvalue weighted by Crippen LogP contribution is 2.34. The standard InChI is InChI=1S/C25H20N4O4/c1-14(32-15(2)30)24(31)27-19-9-5-8-18(10-19)23-20(13-26-29-23)25-28-21-11-16-6-3-4-7-17(16)12-22(21)33-25/h3-14H,1-2H3,(H,26,29)(H,27,31). The number of esters is 1. The molecule has 2 N–H and O–H groups in total. The van der Waals surface area contributed by atoms with Gasteiger partial charge in [0.25, 0.3) is 5.91 Å². The van der Waals surface area contributed by atoms with Crippen LogP contribution in [0.5, 0.6) is 0 Å². The van der Waals surface area contributed by atoms with Gasteiger partial charge in [0.2, 0.25) is 5.89 Å². The van der Waals surface area contributed by atoms with E-state index in [9.17, 15) is 9.59 Å². The summed E-state index contributed by atoms with van der Waals surface area (Å²) >= 11 is 0. The number of ether oxygens (including phenoxy) is 1. The molecular weight excluding hydrogens is 420 g/mol. The number of nitrogens with zero attached hydrogens (tertiary/aromatic N) is 2. The molecule has 33 heavy (non-hydrogen) atoms. The van der Waals surface area contributed by atoms with E-state index >= 15 is 0 Å². The number of rotatable bonds is 5. The Kier molecular flexibility index (Phi) is 5.10. The summed E-state index contributed by atoms with van der Waals surface area (Å²) in [5, 5.41) is 12.1. The van der Waals surface area contributed by atoms with Gasteiger partial charge in [0, 0.05) is 18.2 Å². The molecule has 8 heteroatoms. The third-order valence-electron chi connectivity index (χ3n) is 5.26. The Hall–Kier alpha value is -4.46. The summed E-state index contributed by atoms with van der Waals surface area (Å²) < 4.78 is 11.0. The fourth-order valence-corrected chi connectivity index (χ4v) is 3.70. The van der Waals surface area contributed by atoms with Gasteiger partial charge in [-0.3, -0.25) is 14.7 Å². The SMILES string of the molecule is CC(=O)OC(C)C(=O)Nc1cccc(-c2[nH]ncc2-c2nc3cc4ccccc4cc3o2)c1. The maximum atomic E-state index is 12.3. The van der Waals surface area contributed by atoms with E-state index < -0.39 is 18.0 Å². The van der Waals surface area contributed by atoms with E-state index in [4.69, 9.17) is 9.15 Å². The maximum absolute atomic E-state index is 12.3. The first-order chi connectivity index (χ1) is 16.0. The fraction of sp³-hybridized carbons (Fsp3) is 0.120. The van der Waals surface area contributed by atoms with E-state index in [1.54, 1.807) is 18.3 Å². The lowest BCUT2D eigenvalue weighted by atomic mass is 10.1. The van der Waals surface area contributed by atoms with Crippen LogP contribution in [-0.4, -0.2) is 33.2 Å². The molecule has 2 heterocycles. The number of amides is 1. The first-order valence-corrected chi connectivity index (χ1v) is 10.4. The van der Waals surface area contributed by atoms with Gasteiger partial charge in [-0.15, -0.1) is 0 Å². The molecule has 2 aromatic heterocycles. The fourth-order valence-electron chi connectivity index (χ4n) is 3.70. The number of benzene rings is 3. The highest BCUT2D eigenvalue weighted by atomic mass is 16.5. The number of aromatic amines is 1. The lowest BCUT2D eigenvalue weighted by Gasteiger charge is -2.12. The first-order valence-electron chi connectivity index (χ1n) is 10.4. The van der Waals surface area contributed by atoms with E-state index in [2.05, 4.69) is 20.5 Å². The van der Waals surface area contributed by atoms with Crippen LogP contribution in [0.3, 0.4) is 0 Å². The van der Waals surface area contributed by atoms with Crippen molar-refractivity contribution < 1.29 is 18.7 Å². The van der Waals surface area contributed by atoms with Crippen molar-refractivity contribution in [2.75, 3.05) is 5.32 Å². The summed E-state index contributed by atoms with van der Waals surface area (Å²) in [4.78, 5) is 28.1. The zero-order chi connectivity index (χ0) is 22.9. The Morgan fingerprint density at radius 1 is 1.06 bits per heavy atom. The minimum atomic E-state index is -0.899. The summed E-state index contributed by atoms with van der Waals surface area (Å²) in [5.41, 5.74) is 4.20. The van der Waals surface area contributed by atoms with Crippen LogP contribution < -0.4 is 5.32 Å². The van der Waals surface area contributed by atoms with Gasteiger partial charge in [-0.05, 0) is 42.0 Å². The van der Waals surface area contributed by atoms with E-state index in [0.29, 0.717) is 28.4 Å². The second kappa shape index (κ2) is 8.23. The molecule has 1 unspecified atom stereocenters. The molecule has 3 aromatic carbocycles. The molecule has 0 bridgehead atoms. The van der Waals surface area contributed by atoms with Crippen molar-refractivity contribution >= 4 is 39.4 Å². The zero-order valence-corrected chi connectivity index (χ0v) is 18.0.